The molecule has 0 spiro atoms. The number of halogens is 2. The van der Waals surface area contributed by atoms with Crippen molar-refractivity contribution in [3.63, 3.8) is 0 Å². The number of nitrogens with zero attached hydrogens (tertiary/aromatic N) is 2. The van der Waals surface area contributed by atoms with Crippen LogP contribution in [0.5, 0.6) is 17.2 Å². The summed E-state index contributed by atoms with van der Waals surface area (Å²) in [4.78, 5) is 32.9. The predicted molar refractivity (Wildman–Crippen MR) is 164 cm³/mol. The molecule has 1 aliphatic rings. The number of phenols is 1. The highest BCUT2D eigenvalue weighted by Gasteiger charge is 2.35. The third-order valence-electron chi connectivity index (χ3n) is 6.44. The van der Waals surface area contributed by atoms with Crippen LogP contribution in [0.3, 0.4) is 0 Å². The fraction of sp³-hybridized carbons (Fsp3) is 0.167. The molecular formula is C30H24Br2N2O6S. The van der Waals surface area contributed by atoms with Gasteiger partial charge in [0.25, 0.3) is 5.56 Å². The molecule has 0 unspecified atom stereocenters. The molecule has 3 aromatic carbocycles. The topological polar surface area (TPSA) is 99.4 Å². The number of thiazole rings is 1. The van der Waals surface area contributed by atoms with Crippen LogP contribution in [0.1, 0.15) is 29.7 Å². The lowest BCUT2D eigenvalue weighted by Crippen LogP contribution is -2.40. The monoisotopic (exact) mass is 698 g/mol. The zero-order valence-electron chi connectivity index (χ0n) is 22.2. The number of aromatic hydroxyl groups is 1. The Labute approximate surface area is 256 Å². The molecule has 1 aromatic heterocycles. The summed E-state index contributed by atoms with van der Waals surface area (Å²) in [5.41, 5.74) is 1.99. The van der Waals surface area contributed by atoms with E-state index in [4.69, 9.17) is 19.2 Å². The van der Waals surface area contributed by atoms with Gasteiger partial charge in [-0.25, -0.2) is 9.79 Å². The molecule has 0 saturated carbocycles. The predicted octanol–water partition coefficient (Wildman–Crippen LogP) is 5.18. The number of carbonyl (C=O) groups excluding carboxylic acids is 1. The van der Waals surface area contributed by atoms with Crippen LogP contribution >= 0.6 is 43.2 Å². The molecule has 0 bridgehead atoms. The Kier molecular flexibility index (Phi) is 8.48. The number of methoxy groups -OCH3 is 2. The molecule has 1 atom stereocenters. The number of carbonyl (C=O) groups is 1. The standard InChI is InChI=1S/C30H24Br2N2O6S/c1-4-40-29(37)24-25(16-8-6-5-7-9-16)33-30-34(26(24)17-10-11-21(38-2)22(13-17)39-3)28(36)23(41-30)14-18-12-19(31)15-20(32)27(18)35/h5-15,26,35H,4H2,1-3H3/b23-14-/t26-/m1/s1. The first kappa shape index (κ1) is 28.8. The number of fused-ring (bicyclic) bond motifs is 1. The van der Waals surface area contributed by atoms with E-state index in [-0.39, 0.29) is 23.5 Å². The van der Waals surface area contributed by atoms with E-state index in [1.54, 1.807) is 43.3 Å². The van der Waals surface area contributed by atoms with Gasteiger partial charge in [-0.3, -0.25) is 9.36 Å². The fourth-order valence-corrected chi connectivity index (χ4v) is 6.87. The van der Waals surface area contributed by atoms with E-state index in [0.29, 0.717) is 47.7 Å². The Hall–Kier alpha value is -3.67. The first-order valence-electron chi connectivity index (χ1n) is 12.5. The van der Waals surface area contributed by atoms with Crippen LogP contribution in [0.25, 0.3) is 11.8 Å². The summed E-state index contributed by atoms with van der Waals surface area (Å²) in [6.45, 7) is 1.87. The van der Waals surface area contributed by atoms with Crippen LogP contribution in [-0.4, -0.2) is 36.5 Å². The number of phenolic OH excluding ortho intramolecular Hbond substituents is 1. The van der Waals surface area contributed by atoms with Gasteiger partial charge in [0.05, 0.1) is 47.1 Å². The van der Waals surface area contributed by atoms with Gasteiger partial charge in [0, 0.05) is 15.6 Å². The lowest BCUT2D eigenvalue weighted by molar-refractivity contribution is -0.138. The summed E-state index contributed by atoms with van der Waals surface area (Å²) in [5.74, 6) is 0.354. The number of hydrogen-bond donors (Lipinski definition) is 1. The third kappa shape index (κ3) is 5.49. The average Bonchev–Trinajstić information content (AvgIpc) is 3.29. The van der Waals surface area contributed by atoms with Crippen LogP contribution in [0.15, 0.2) is 85.0 Å². The van der Waals surface area contributed by atoms with Crippen molar-refractivity contribution < 1.29 is 24.1 Å². The molecule has 210 valence electrons. The second-order valence-electron chi connectivity index (χ2n) is 8.87. The molecule has 0 aliphatic carbocycles. The zero-order valence-corrected chi connectivity index (χ0v) is 26.2. The van der Waals surface area contributed by atoms with E-state index < -0.39 is 12.0 Å². The number of rotatable bonds is 7. The van der Waals surface area contributed by atoms with Crippen LogP contribution in [0.4, 0.5) is 0 Å². The molecule has 0 saturated heterocycles. The van der Waals surface area contributed by atoms with Gasteiger partial charge in [0.15, 0.2) is 16.3 Å². The minimum Gasteiger partial charge on any atom is -0.506 e. The van der Waals surface area contributed by atoms with Crippen LogP contribution in [0.2, 0.25) is 0 Å². The quantitative estimate of drug-likeness (QED) is 0.267. The molecule has 4 aromatic rings. The Morgan fingerprint density at radius 3 is 2.49 bits per heavy atom. The summed E-state index contributed by atoms with van der Waals surface area (Å²) in [6.07, 6.45) is 1.61. The second kappa shape index (κ2) is 12.1. The fourth-order valence-electron chi connectivity index (χ4n) is 4.62. The van der Waals surface area contributed by atoms with Crippen LogP contribution in [-0.2, 0) is 9.53 Å². The molecule has 11 heteroatoms. The van der Waals surface area contributed by atoms with Gasteiger partial charge < -0.3 is 19.3 Å². The molecule has 0 amide bonds. The van der Waals surface area contributed by atoms with Gasteiger partial charge in [-0.05, 0) is 58.8 Å². The average molecular weight is 700 g/mol. The van der Waals surface area contributed by atoms with E-state index in [2.05, 4.69) is 31.9 Å². The molecular weight excluding hydrogens is 676 g/mol. The van der Waals surface area contributed by atoms with E-state index in [9.17, 15) is 14.7 Å². The van der Waals surface area contributed by atoms with Crippen LogP contribution in [0, 0.1) is 0 Å². The first-order valence-corrected chi connectivity index (χ1v) is 14.9. The highest BCUT2D eigenvalue weighted by molar-refractivity contribution is 9.11. The van der Waals surface area contributed by atoms with E-state index >= 15 is 0 Å². The highest BCUT2D eigenvalue weighted by atomic mass is 79.9. The van der Waals surface area contributed by atoms with Gasteiger partial charge in [-0.1, -0.05) is 63.7 Å². The number of ether oxygens (including phenoxy) is 3. The number of esters is 1. The first-order chi connectivity index (χ1) is 19.8. The molecule has 0 radical (unpaired) electrons. The van der Waals surface area contributed by atoms with Gasteiger partial charge in [-0.2, -0.15) is 0 Å². The van der Waals surface area contributed by atoms with E-state index in [0.717, 1.165) is 15.8 Å². The maximum Gasteiger partial charge on any atom is 0.338 e. The maximum absolute atomic E-state index is 14.1. The molecule has 1 N–H and O–H groups in total. The van der Waals surface area contributed by atoms with Gasteiger partial charge >= 0.3 is 5.97 Å². The van der Waals surface area contributed by atoms with Gasteiger partial charge in [0.2, 0.25) is 0 Å². The number of benzene rings is 3. The lowest BCUT2D eigenvalue weighted by atomic mass is 9.93. The molecule has 0 fully saturated rings. The van der Waals surface area contributed by atoms with E-state index in [1.165, 1.54) is 18.8 Å². The Morgan fingerprint density at radius 1 is 1.07 bits per heavy atom. The van der Waals surface area contributed by atoms with Crippen molar-refractivity contribution in [3.8, 4) is 17.2 Å². The normalized spacial score (nSPS) is 14.9. The van der Waals surface area contributed by atoms with Crippen molar-refractivity contribution in [2.75, 3.05) is 20.8 Å². The largest absolute Gasteiger partial charge is 0.506 e. The number of hydrogen-bond acceptors (Lipinski definition) is 8. The van der Waals surface area contributed by atoms with Crippen molar-refractivity contribution >= 4 is 60.9 Å². The zero-order chi connectivity index (χ0) is 29.3. The van der Waals surface area contributed by atoms with Crippen molar-refractivity contribution in [1.29, 1.82) is 0 Å². The minimum absolute atomic E-state index is 0.00679. The van der Waals surface area contributed by atoms with Gasteiger partial charge in [0.1, 0.15) is 5.75 Å². The lowest BCUT2D eigenvalue weighted by Gasteiger charge is -2.26. The summed E-state index contributed by atoms with van der Waals surface area (Å²) >= 11 is 7.94. The summed E-state index contributed by atoms with van der Waals surface area (Å²) in [7, 11) is 3.06. The second-order valence-corrected chi connectivity index (χ2v) is 11.7. The highest BCUT2D eigenvalue weighted by Crippen LogP contribution is 2.38. The van der Waals surface area contributed by atoms with Crippen molar-refractivity contribution in [3.05, 3.63) is 112 Å². The summed E-state index contributed by atoms with van der Waals surface area (Å²) in [6, 6.07) is 17.1. The molecule has 1 aliphatic heterocycles. The summed E-state index contributed by atoms with van der Waals surface area (Å²) in [5, 5.41) is 10.7. The van der Waals surface area contributed by atoms with E-state index in [1.807, 2.05) is 30.3 Å². The van der Waals surface area contributed by atoms with Crippen molar-refractivity contribution in [1.82, 2.24) is 4.57 Å². The molecule has 2 heterocycles. The third-order valence-corrected chi connectivity index (χ3v) is 8.49. The Bertz CT molecular complexity index is 1860. The number of aromatic nitrogens is 1. The maximum atomic E-state index is 14.1. The van der Waals surface area contributed by atoms with Crippen molar-refractivity contribution in [2.24, 2.45) is 4.99 Å². The van der Waals surface area contributed by atoms with Gasteiger partial charge in [-0.15, -0.1) is 0 Å². The molecule has 5 rings (SSSR count). The molecule has 8 nitrogen and oxygen atoms in total. The molecule has 41 heavy (non-hydrogen) atoms. The Balaban J connectivity index is 1.86. The Morgan fingerprint density at radius 2 is 1.80 bits per heavy atom. The summed E-state index contributed by atoms with van der Waals surface area (Å²) < 4.78 is 19.5. The minimum atomic E-state index is -0.884. The smallest absolute Gasteiger partial charge is 0.338 e. The SMILES string of the molecule is CCOC(=O)C1=C(c2ccccc2)N=c2s/c(=C\c3cc(Br)cc(Br)c3O)c(=O)n2[C@@H]1c1ccc(OC)c(OC)c1. The van der Waals surface area contributed by atoms with Crippen molar-refractivity contribution in [2.45, 2.75) is 13.0 Å². The van der Waals surface area contributed by atoms with Crippen LogP contribution < -0.4 is 24.4 Å².